The monoisotopic (exact) mass is 208 g/mol. The molecular weight excluding hydrogens is 184 g/mol. The zero-order chi connectivity index (χ0) is 11.7. The van der Waals surface area contributed by atoms with E-state index in [1.54, 1.807) is 0 Å². The minimum atomic E-state index is -0.346. The first-order valence-electron chi connectivity index (χ1n) is 5.68. The first-order chi connectivity index (χ1) is 7.07. The third kappa shape index (κ3) is 8.19. The highest BCUT2D eigenvalue weighted by Gasteiger charge is 2.03. The number of unbranched alkanes of at least 4 members (excludes halogenated alkanes) is 2. The van der Waals surface area contributed by atoms with E-state index in [2.05, 4.69) is 26.2 Å². The van der Waals surface area contributed by atoms with Crippen LogP contribution >= 0.6 is 0 Å². The van der Waals surface area contributed by atoms with Gasteiger partial charge in [0, 0.05) is 0 Å². The highest BCUT2D eigenvalue weighted by molar-refractivity contribution is 5.02. The van der Waals surface area contributed by atoms with Crippen molar-refractivity contribution in [3.8, 4) is 0 Å². The molecule has 0 radical (unpaired) electrons. The summed E-state index contributed by atoms with van der Waals surface area (Å²) in [6.45, 7) is 11.4. The summed E-state index contributed by atoms with van der Waals surface area (Å²) in [4.78, 5) is 0. The van der Waals surface area contributed by atoms with Gasteiger partial charge >= 0.3 is 0 Å². The van der Waals surface area contributed by atoms with Crippen LogP contribution in [0.4, 0.5) is 0 Å². The van der Waals surface area contributed by atoms with Crippen molar-refractivity contribution in [2.75, 3.05) is 0 Å². The van der Waals surface area contributed by atoms with Gasteiger partial charge in [0.25, 0.3) is 0 Å². The Morgan fingerprint density at radius 3 is 2.53 bits per heavy atom. The first-order valence-corrected chi connectivity index (χ1v) is 5.68. The lowest BCUT2D eigenvalue weighted by molar-refractivity contribution is 0.201. The van der Waals surface area contributed by atoms with Crippen LogP contribution in [0.3, 0.4) is 0 Å². The standard InChI is InChI=1S/C14H24O/c1-5-6-7-8-9-13(4)10-11-14(15)12(2)3/h5,9,14-15H,1-2,6-8,10-11H2,3-4H3/b13-9+. The predicted octanol–water partition coefficient (Wildman–Crippen LogP) is 4.01. The number of hydrogen-bond acceptors (Lipinski definition) is 1. The average molecular weight is 208 g/mol. The van der Waals surface area contributed by atoms with E-state index in [1.165, 1.54) is 12.0 Å². The Morgan fingerprint density at radius 1 is 1.33 bits per heavy atom. The van der Waals surface area contributed by atoms with Gasteiger partial charge in [-0.3, -0.25) is 0 Å². The molecule has 1 nitrogen and oxygen atoms in total. The Morgan fingerprint density at radius 2 is 2.00 bits per heavy atom. The highest BCUT2D eigenvalue weighted by Crippen LogP contribution is 2.12. The van der Waals surface area contributed by atoms with Crippen molar-refractivity contribution in [3.63, 3.8) is 0 Å². The van der Waals surface area contributed by atoms with Crippen molar-refractivity contribution in [3.05, 3.63) is 36.5 Å². The van der Waals surface area contributed by atoms with Crippen LogP contribution in [0, 0.1) is 0 Å². The van der Waals surface area contributed by atoms with E-state index in [-0.39, 0.29) is 6.10 Å². The van der Waals surface area contributed by atoms with Gasteiger partial charge in [-0.15, -0.1) is 6.58 Å². The second kappa shape index (κ2) is 8.49. The number of aliphatic hydroxyl groups is 1. The molecule has 0 rings (SSSR count). The number of hydrogen-bond donors (Lipinski definition) is 1. The molecule has 0 heterocycles. The summed E-state index contributed by atoms with van der Waals surface area (Å²) in [5.41, 5.74) is 2.22. The third-order valence-corrected chi connectivity index (χ3v) is 2.49. The minimum Gasteiger partial charge on any atom is -0.389 e. The van der Waals surface area contributed by atoms with Crippen molar-refractivity contribution in [1.29, 1.82) is 0 Å². The van der Waals surface area contributed by atoms with E-state index in [4.69, 9.17) is 0 Å². The van der Waals surface area contributed by atoms with Crippen LogP contribution in [0.1, 0.15) is 46.0 Å². The van der Waals surface area contributed by atoms with Crippen molar-refractivity contribution in [1.82, 2.24) is 0 Å². The van der Waals surface area contributed by atoms with Crippen molar-refractivity contribution in [2.45, 2.75) is 52.1 Å². The van der Waals surface area contributed by atoms with E-state index >= 15 is 0 Å². The Hall–Kier alpha value is -0.820. The molecule has 15 heavy (non-hydrogen) atoms. The van der Waals surface area contributed by atoms with E-state index in [0.29, 0.717) is 0 Å². The number of aliphatic hydroxyl groups excluding tert-OH is 1. The van der Waals surface area contributed by atoms with Gasteiger partial charge in [-0.25, -0.2) is 0 Å². The van der Waals surface area contributed by atoms with Crippen LogP contribution < -0.4 is 0 Å². The van der Waals surface area contributed by atoms with Gasteiger partial charge in [0.2, 0.25) is 0 Å². The summed E-state index contributed by atoms with van der Waals surface area (Å²) >= 11 is 0. The molecule has 0 fully saturated rings. The molecule has 0 bridgehead atoms. The molecule has 0 amide bonds. The fraction of sp³-hybridized carbons (Fsp3) is 0.571. The largest absolute Gasteiger partial charge is 0.389 e. The van der Waals surface area contributed by atoms with Gasteiger partial charge in [0.15, 0.2) is 0 Å². The maximum absolute atomic E-state index is 9.54. The summed E-state index contributed by atoms with van der Waals surface area (Å²) in [6, 6.07) is 0. The first kappa shape index (κ1) is 14.2. The lowest BCUT2D eigenvalue weighted by Crippen LogP contribution is -2.06. The van der Waals surface area contributed by atoms with Crippen LogP contribution in [0.25, 0.3) is 0 Å². The Kier molecular flexibility index (Phi) is 8.02. The second-order valence-corrected chi connectivity index (χ2v) is 4.17. The molecule has 0 spiro atoms. The molecular formula is C14H24O. The maximum Gasteiger partial charge on any atom is 0.0747 e. The van der Waals surface area contributed by atoms with Crippen LogP contribution in [0.15, 0.2) is 36.5 Å². The van der Waals surface area contributed by atoms with Gasteiger partial charge in [-0.05, 0) is 46.0 Å². The van der Waals surface area contributed by atoms with E-state index < -0.39 is 0 Å². The van der Waals surface area contributed by atoms with Crippen LogP contribution in [-0.2, 0) is 0 Å². The molecule has 0 aliphatic heterocycles. The van der Waals surface area contributed by atoms with E-state index in [1.807, 2.05) is 13.0 Å². The predicted molar refractivity (Wildman–Crippen MR) is 67.9 cm³/mol. The molecule has 0 aromatic rings. The van der Waals surface area contributed by atoms with Crippen LogP contribution in [0.5, 0.6) is 0 Å². The minimum absolute atomic E-state index is 0.346. The fourth-order valence-electron chi connectivity index (χ4n) is 1.32. The second-order valence-electron chi connectivity index (χ2n) is 4.17. The summed E-state index contributed by atoms with van der Waals surface area (Å²) in [6.07, 6.45) is 8.98. The Labute approximate surface area is 94.2 Å². The van der Waals surface area contributed by atoms with Crippen molar-refractivity contribution < 1.29 is 5.11 Å². The average Bonchev–Trinajstić information content (AvgIpc) is 2.20. The zero-order valence-electron chi connectivity index (χ0n) is 10.1. The zero-order valence-corrected chi connectivity index (χ0v) is 10.1. The molecule has 0 aromatic carbocycles. The lowest BCUT2D eigenvalue weighted by atomic mass is 10.0. The van der Waals surface area contributed by atoms with Crippen LogP contribution in [0.2, 0.25) is 0 Å². The molecule has 0 saturated carbocycles. The molecule has 0 aliphatic carbocycles. The van der Waals surface area contributed by atoms with Gasteiger partial charge in [-0.2, -0.15) is 0 Å². The molecule has 1 heteroatoms. The van der Waals surface area contributed by atoms with Gasteiger partial charge < -0.3 is 5.11 Å². The molecule has 1 atom stereocenters. The van der Waals surface area contributed by atoms with Crippen LogP contribution in [-0.4, -0.2) is 11.2 Å². The smallest absolute Gasteiger partial charge is 0.0747 e. The molecule has 0 saturated heterocycles. The van der Waals surface area contributed by atoms with E-state index in [9.17, 15) is 5.11 Å². The van der Waals surface area contributed by atoms with Gasteiger partial charge in [0.05, 0.1) is 6.10 Å². The van der Waals surface area contributed by atoms with Crippen molar-refractivity contribution in [2.24, 2.45) is 0 Å². The maximum atomic E-state index is 9.54. The molecule has 1 N–H and O–H groups in total. The number of allylic oxidation sites excluding steroid dienone is 3. The molecule has 0 aliphatic rings. The summed E-state index contributed by atoms with van der Waals surface area (Å²) in [5.74, 6) is 0. The Balaban J connectivity index is 3.67. The lowest BCUT2D eigenvalue weighted by Gasteiger charge is -2.09. The molecule has 86 valence electrons. The highest BCUT2D eigenvalue weighted by atomic mass is 16.3. The molecule has 1 unspecified atom stereocenters. The summed E-state index contributed by atoms with van der Waals surface area (Å²) in [5, 5.41) is 9.54. The van der Waals surface area contributed by atoms with Gasteiger partial charge in [-0.1, -0.05) is 29.9 Å². The summed E-state index contributed by atoms with van der Waals surface area (Å²) < 4.78 is 0. The topological polar surface area (TPSA) is 20.2 Å². The van der Waals surface area contributed by atoms with Gasteiger partial charge in [0.1, 0.15) is 0 Å². The third-order valence-electron chi connectivity index (χ3n) is 2.49. The quantitative estimate of drug-likeness (QED) is 0.472. The summed E-state index contributed by atoms with van der Waals surface area (Å²) in [7, 11) is 0. The fourth-order valence-corrected chi connectivity index (χ4v) is 1.32. The van der Waals surface area contributed by atoms with Crippen molar-refractivity contribution >= 4 is 0 Å². The normalized spacial score (nSPS) is 13.7. The van der Waals surface area contributed by atoms with E-state index in [0.717, 1.165) is 31.3 Å². The molecule has 0 aromatic heterocycles. The number of rotatable bonds is 8. The SMILES string of the molecule is C=CCCC/C=C(\C)CCC(O)C(=C)C. The Bertz CT molecular complexity index is 225.